The van der Waals surface area contributed by atoms with Crippen LogP contribution in [0.25, 0.3) is 21.9 Å². The number of rotatable bonds is 7. The lowest BCUT2D eigenvalue weighted by Gasteiger charge is -2.10. The predicted molar refractivity (Wildman–Crippen MR) is 123 cm³/mol. The van der Waals surface area contributed by atoms with Gasteiger partial charge in [-0.2, -0.15) is 0 Å². The summed E-state index contributed by atoms with van der Waals surface area (Å²) >= 11 is 0. The quantitative estimate of drug-likeness (QED) is 0.461. The normalized spacial score (nSPS) is 14.3. The monoisotopic (exact) mass is 453 g/mol. The molecule has 5 rings (SSSR count). The van der Waals surface area contributed by atoms with Crippen molar-refractivity contribution >= 4 is 37.9 Å². The van der Waals surface area contributed by atoms with Crippen molar-refractivity contribution in [2.45, 2.75) is 25.8 Å². The molecule has 2 aromatic heterocycles. The van der Waals surface area contributed by atoms with Gasteiger partial charge in [-0.25, -0.2) is 16.8 Å². The minimum atomic E-state index is -3.74. The van der Waals surface area contributed by atoms with Gasteiger partial charge in [0, 0.05) is 18.5 Å². The van der Waals surface area contributed by atoms with Crippen LogP contribution in [-0.4, -0.2) is 35.7 Å². The molecule has 4 aromatic rings. The van der Waals surface area contributed by atoms with Crippen molar-refractivity contribution < 1.29 is 17.6 Å². The fraction of sp³-hybridized carbons (Fsp3) is 0.292. The van der Waals surface area contributed by atoms with Crippen LogP contribution >= 0.6 is 0 Å². The minimum absolute atomic E-state index is 0.0899. The molecule has 0 aliphatic heterocycles. The molecular formula is C24H24FN3O3S. The first-order valence-corrected chi connectivity index (χ1v) is 12.5. The van der Waals surface area contributed by atoms with Crippen LogP contribution in [0, 0.1) is 11.7 Å². The van der Waals surface area contributed by atoms with Crippen molar-refractivity contribution in [3.05, 3.63) is 71.7 Å². The van der Waals surface area contributed by atoms with E-state index in [9.17, 15) is 17.6 Å². The van der Waals surface area contributed by atoms with Gasteiger partial charge in [0.05, 0.1) is 22.8 Å². The van der Waals surface area contributed by atoms with E-state index in [0.29, 0.717) is 17.9 Å². The molecule has 1 amide bonds. The van der Waals surface area contributed by atoms with E-state index in [1.807, 2.05) is 24.3 Å². The molecule has 166 valence electrons. The van der Waals surface area contributed by atoms with Crippen LogP contribution in [0.2, 0.25) is 0 Å². The summed E-state index contributed by atoms with van der Waals surface area (Å²) in [6, 6.07) is 15.6. The summed E-state index contributed by atoms with van der Waals surface area (Å²) in [5, 5.41) is 3.61. The topological polar surface area (TPSA) is 73.1 Å². The number of carbonyl (C=O) groups is 1. The molecule has 0 saturated heterocycles. The van der Waals surface area contributed by atoms with Gasteiger partial charge in [-0.15, -0.1) is 0 Å². The number of fused-ring (bicyclic) bond motifs is 3. The summed E-state index contributed by atoms with van der Waals surface area (Å²) in [5.74, 6) is -0.213. The molecule has 2 heterocycles. The Hall–Kier alpha value is -3.13. The third-order valence-corrected chi connectivity index (χ3v) is 7.01. The average Bonchev–Trinajstić information content (AvgIpc) is 3.39. The lowest BCUT2D eigenvalue weighted by Crippen LogP contribution is -2.29. The number of para-hydroxylation sites is 1. The van der Waals surface area contributed by atoms with Gasteiger partial charge in [0.25, 0.3) is 5.91 Å². The van der Waals surface area contributed by atoms with Gasteiger partial charge in [0.1, 0.15) is 11.5 Å². The maximum Gasteiger partial charge on any atom is 0.269 e. The van der Waals surface area contributed by atoms with Crippen molar-refractivity contribution in [1.29, 1.82) is 0 Å². The molecule has 1 aliphatic rings. The van der Waals surface area contributed by atoms with Gasteiger partial charge in [-0.3, -0.25) is 4.79 Å². The van der Waals surface area contributed by atoms with Crippen molar-refractivity contribution in [2.24, 2.45) is 5.92 Å². The number of hydrogen-bond acceptors (Lipinski definition) is 3. The number of nitrogens with one attached hydrogen (secondary N) is 1. The lowest BCUT2D eigenvalue weighted by atomic mass is 10.1. The first-order chi connectivity index (χ1) is 15.3. The highest BCUT2D eigenvalue weighted by Gasteiger charge is 2.29. The smallest absolute Gasteiger partial charge is 0.269 e. The van der Waals surface area contributed by atoms with E-state index >= 15 is 0 Å². The number of hydrogen-bond donors (Lipinski definition) is 1. The number of benzene rings is 2. The molecule has 1 saturated carbocycles. The van der Waals surface area contributed by atoms with Crippen LogP contribution < -0.4 is 5.32 Å². The van der Waals surface area contributed by atoms with E-state index in [-0.39, 0.29) is 18.1 Å². The number of nitrogens with zero attached hydrogens (tertiary/aromatic N) is 2. The van der Waals surface area contributed by atoms with Crippen LogP contribution in [0.4, 0.5) is 4.39 Å². The van der Waals surface area contributed by atoms with Crippen LogP contribution in [0.15, 0.2) is 54.6 Å². The molecule has 32 heavy (non-hydrogen) atoms. The van der Waals surface area contributed by atoms with Gasteiger partial charge in [-0.05, 0) is 55.0 Å². The third kappa shape index (κ3) is 3.79. The van der Waals surface area contributed by atoms with Crippen molar-refractivity contribution in [3.8, 4) is 0 Å². The van der Waals surface area contributed by atoms with Crippen LogP contribution in [0.5, 0.6) is 0 Å². The zero-order valence-electron chi connectivity index (χ0n) is 17.7. The molecule has 6 nitrogen and oxygen atoms in total. The molecule has 8 heteroatoms. The zero-order valence-corrected chi connectivity index (χ0v) is 18.5. The van der Waals surface area contributed by atoms with Crippen molar-refractivity contribution in [3.63, 3.8) is 0 Å². The van der Waals surface area contributed by atoms with Crippen LogP contribution in [0.3, 0.4) is 0 Å². The third-order valence-electron chi connectivity index (χ3n) is 5.97. The number of halogens is 1. The van der Waals surface area contributed by atoms with Gasteiger partial charge in [-0.1, -0.05) is 30.3 Å². The standard InChI is InChI=1S/C24H24FN3O3S/c1-32(30,31)28-22(24(29)26-12-11-16-5-4-6-18(25)13-16)14-21-23(28)19-7-2-3-8-20(19)27(21)15-17-9-10-17/h2-8,13-14,17H,9-12,15H2,1H3,(H,26,29). The average molecular weight is 454 g/mol. The van der Waals surface area contributed by atoms with E-state index in [4.69, 9.17) is 0 Å². The molecular weight excluding hydrogens is 429 g/mol. The van der Waals surface area contributed by atoms with E-state index in [1.54, 1.807) is 18.2 Å². The van der Waals surface area contributed by atoms with Gasteiger partial charge >= 0.3 is 0 Å². The van der Waals surface area contributed by atoms with E-state index in [1.165, 1.54) is 12.1 Å². The molecule has 0 bridgehead atoms. The first kappa shape index (κ1) is 20.8. The molecule has 2 aromatic carbocycles. The molecule has 0 unspecified atom stereocenters. The zero-order chi connectivity index (χ0) is 22.5. The van der Waals surface area contributed by atoms with E-state index < -0.39 is 15.9 Å². The summed E-state index contributed by atoms with van der Waals surface area (Å²) in [6.45, 7) is 1.07. The first-order valence-electron chi connectivity index (χ1n) is 10.7. The Balaban J connectivity index is 1.54. The Morgan fingerprint density at radius 2 is 1.88 bits per heavy atom. The van der Waals surface area contributed by atoms with Gasteiger partial charge < -0.3 is 9.88 Å². The summed E-state index contributed by atoms with van der Waals surface area (Å²) in [7, 11) is -3.74. The SMILES string of the molecule is CS(=O)(=O)n1c(C(=O)NCCc2cccc(F)c2)cc2c1c1ccccc1n2CC1CC1. The largest absolute Gasteiger partial charge is 0.350 e. The fourth-order valence-electron chi connectivity index (χ4n) is 4.33. The number of aromatic nitrogens is 2. The van der Waals surface area contributed by atoms with Crippen LogP contribution in [0.1, 0.15) is 28.9 Å². The van der Waals surface area contributed by atoms with Gasteiger partial charge in [0.15, 0.2) is 0 Å². The molecule has 0 atom stereocenters. The molecule has 0 spiro atoms. The summed E-state index contributed by atoms with van der Waals surface area (Å²) < 4.78 is 42.2. The number of carbonyl (C=O) groups excluding carboxylic acids is 1. The summed E-state index contributed by atoms with van der Waals surface area (Å²) in [4.78, 5) is 13.0. The Labute approximate surface area is 185 Å². The second kappa shape index (κ2) is 7.78. The number of amides is 1. The molecule has 1 N–H and O–H groups in total. The van der Waals surface area contributed by atoms with Gasteiger partial charge in [0.2, 0.25) is 10.0 Å². The second-order valence-corrected chi connectivity index (χ2v) is 10.3. The van der Waals surface area contributed by atoms with Crippen LogP contribution in [-0.2, 0) is 23.0 Å². The Morgan fingerprint density at radius 1 is 1.09 bits per heavy atom. The minimum Gasteiger partial charge on any atom is -0.350 e. The molecule has 0 radical (unpaired) electrons. The summed E-state index contributed by atoms with van der Waals surface area (Å²) in [5.41, 5.74) is 3.11. The lowest BCUT2D eigenvalue weighted by molar-refractivity contribution is 0.0948. The maximum absolute atomic E-state index is 13.4. The molecule has 1 aliphatic carbocycles. The molecule has 1 fully saturated rings. The highest BCUT2D eigenvalue weighted by atomic mass is 32.2. The fourth-order valence-corrected chi connectivity index (χ4v) is 5.35. The van der Waals surface area contributed by atoms with E-state index in [2.05, 4.69) is 9.88 Å². The van der Waals surface area contributed by atoms with Crippen molar-refractivity contribution in [1.82, 2.24) is 13.9 Å². The Bertz CT molecular complexity index is 1450. The summed E-state index contributed by atoms with van der Waals surface area (Å²) in [6.07, 6.45) is 3.88. The highest BCUT2D eigenvalue weighted by molar-refractivity contribution is 7.89. The highest BCUT2D eigenvalue weighted by Crippen LogP contribution is 2.37. The Kier molecular flexibility index (Phi) is 5.04. The predicted octanol–water partition coefficient (Wildman–Crippen LogP) is 3.93. The Morgan fingerprint density at radius 3 is 2.59 bits per heavy atom. The maximum atomic E-state index is 13.4. The second-order valence-electron chi connectivity index (χ2n) is 8.50. The van der Waals surface area contributed by atoms with Crippen molar-refractivity contribution in [2.75, 3.05) is 12.8 Å². The van der Waals surface area contributed by atoms with E-state index in [0.717, 1.165) is 51.6 Å².